The van der Waals surface area contributed by atoms with E-state index in [0.717, 1.165) is 36.1 Å². The third-order valence-corrected chi connectivity index (χ3v) is 5.05. The van der Waals surface area contributed by atoms with Gasteiger partial charge in [0.2, 0.25) is 0 Å². The second kappa shape index (κ2) is 7.14. The lowest BCUT2D eigenvalue weighted by molar-refractivity contribution is 0.0900. The van der Waals surface area contributed by atoms with E-state index in [0.29, 0.717) is 11.1 Å². The molecule has 2 aromatic rings. The first kappa shape index (κ1) is 16.7. The number of halogens is 2. The summed E-state index contributed by atoms with van der Waals surface area (Å²) in [5.41, 5.74) is 2.24. The maximum Gasteiger partial charge on any atom is 0.166 e. The van der Waals surface area contributed by atoms with Gasteiger partial charge in [-0.1, -0.05) is 0 Å². The number of ketones is 1. The Morgan fingerprint density at radius 3 is 2.42 bits per heavy atom. The third kappa shape index (κ3) is 3.49. The van der Waals surface area contributed by atoms with Crippen molar-refractivity contribution in [1.29, 1.82) is 5.26 Å². The molecule has 0 saturated carbocycles. The molecule has 1 aliphatic heterocycles. The number of anilines is 1. The second-order valence-electron chi connectivity index (χ2n) is 5.91. The zero-order valence-electron chi connectivity index (χ0n) is 13.0. The summed E-state index contributed by atoms with van der Waals surface area (Å²) in [5, 5.41) is 8.94. The molecule has 0 N–H and O–H groups in total. The largest absolute Gasteiger partial charge is 0.371 e. The van der Waals surface area contributed by atoms with Gasteiger partial charge in [0, 0.05) is 29.0 Å². The molecule has 1 aliphatic rings. The maximum atomic E-state index is 13.0. The van der Waals surface area contributed by atoms with Gasteiger partial charge in [-0.3, -0.25) is 4.79 Å². The molecule has 3 rings (SSSR count). The molecule has 1 heterocycles. The zero-order valence-corrected chi connectivity index (χ0v) is 14.6. The summed E-state index contributed by atoms with van der Waals surface area (Å²) in [4.78, 5) is 14.7. The van der Waals surface area contributed by atoms with E-state index in [-0.39, 0.29) is 17.5 Å². The van der Waals surface area contributed by atoms with Crippen LogP contribution >= 0.6 is 15.9 Å². The van der Waals surface area contributed by atoms with E-state index in [2.05, 4.69) is 26.9 Å². The van der Waals surface area contributed by atoms with Crippen LogP contribution < -0.4 is 4.90 Å². The van der Waals surface area contributed by atoms with Crippen molar-refractivity contribution in [2.75, 3.05) is 18.0 Å². The van der Waals surface area contributed by atoms with Gasteiger partial charge < -0.3 is 4.90 Å². The Labute approximate surface area is 148 Å². The average molecular weight is 387 g/mol. The smallest absolute Gasteiger partial charge is 0.166 e. The molecule has 2 aromatic carbocycles. The minimum atomic E-state index is -0.327. The van der Waals surface area contributed by atoms with E-state index in [1.165, 1.54) is 12.1 Å². The number of Topliss-reactive ketones (excluding diaryl/α,β-unsaturated/α-hetero) is 1. The van der Waals surface area contributed by atoms with E-state index >= 15 is 0 Å². The summed E-state index contributed by atoms with van der Waals surface area (Å²) >= 11 is 3.52. The van der Waals surface area contributed by atoms with Gasteiger partial charge >= 0.3 is 0 Å². The van der Waals surface area contributed by atoms with E-state index in [9.17, 15) is 9.18 Å². The van der Waals surface area contributed by atoms with Gasteiger partial charge in [-0.25, -0.2) is 4.39 Å². The normalized spacial score (nSPS) is 15.1. The van der Waals surface area contributed by atoms with Gasteiger partial charge in [-0.2, -0.15) is 5.26 Å². The molecule has 0 radical (unpaired) electrons. The van der Waals surface area contributed by atoms with Crippen molar-refractivity contribution in [3.05, 3.63) is 63.9 Å². The van der Waals surface area contributed by atoms with Crippen molar-refractivity contribution in [3.8, 4) is 6.07 Å². The van der Waals surface area contributed by atoms with Crippen LogP contribution in [0.1, 0.15) is 28.8 Å². The topological polar surface area (TPSA) is 44.1 Å². The second-order valence-corrected chi connectivity index (χ2v) is 6.76. The van der Waals surface area contributed by atoms with Crippen LogP contribution in [0, 0.1) is 23.1 Å². The van der Waals surface area contributed by atoms with Crippen LogP contribution in [0.2, 0.25) is 0 Å². The van der Waals surface area contributed by atoms with Crippen molar-refractivity contribution in [2.45, 2.75) is 12.8 Å². The Bertz CT molecular complexity index is 790. The number of nitriles is 1. The highest BCUT2D eigenvalue weighted by Crippen LogP contribution is 2.31. The van der Waals surface area contributed by atoms with Crippen molar-refractivity contribution < 1.29 is 9.18 Å². The van der Waals surface area contributed by atoms with Crippen molar-refractivity contribution in [1.82, 2.24) is 0 Å². The molecule has 0 aromatic heterocycles. The van der Waals surface area contributed by atoms with E-state index < -0.39 is 0 Å². The molecule has 0 bridgehead atoms. The van der Waals surface area contributed by atoms with Gasteiger partial charge in [0.05, 0.1) is 17.3 Å². The molecule has 0 amide bonds. The minimum absolute atomic E-state index is 0.0242. The Hall–Kier alpha value is -2.19. The first-order valence-electron chi connectivity index (χ1n) is 7.83. The van der Waals surface area contributed by atoms with Crippen LogP contribution in [-0.2, 0) is 0 Å². The summed E-state index contributed by atoms with van der Waals surface area (Å²) in [6.45, 7) is 1.56. The number of rotatable bonds is 3. The van der Waals surface area contributed by atoms with Gasteiger partial charge in [-0.15, -0.1) is 0 Å². The third-order valence-electron chi connectivity index (χ3n) is 4.41. The van der Waals surface area contributed by atoms with Gasteiger partial charge in [0.25, 0.3) is 0 Å². The first-order chi connectivity index (χ1) is 11.6. The highest BCUT2D eigenvalue weighted by atomic mass is 79.9. The Morgan fingerprint density at radius 1 is 1.17 bits per heavy atom. The zero-order chi connectivity index (χ0) is 17.1. The predicted octanol–water partition coefficient (Wildman–Crippen LogP) is 4.56. The number of carbonyl (C=O) groups excluding carboxylic acids is 1. The summed E-state index contributed by atoms with van der Waals surface area (Å²) < 4.78 is 13.9. The van der Waals surface area contributed by atoms with E-state index in [1.54, 1.807) is 18.2 Å². The van der Waals surface area contributed by atoms with Crippen LogP contribution in [0.15, 0.2) is 46.9 Å². The van der Waals surface area contributed by atoms with Crippen molar-refractivity contribution in [3.63, 3.8) is 0 Å². The van der Waals surface area contributed by atoms with Gasteiger partial charge in [0.1, 0.15) is 5.82 Å². The minimum Gasteiger partial charge on any atom is -0.371 e. The summed E-state index contributed by atoms with van der Waals surface area (Å²) in [5.74, 6) is -0.260. The quantitative estimate of drug-likeness (QED) is 0.726. The average Bonchev–Trinajstić information content (AvgIpc) is 2.62. The summed E-state index contributed by atoms with van der Waals surface area (Å²) in [6, 6.07) is 13.4. The molecule has 0 aliphatic carbocycles. The molecule has 24 heavy (non-hydrogen) atoms. The van der Waals surface area contributed by atoms with Gasteiger partial charge in [-0.05, 0) is 71.2 Å². The molecule has 0 unspecified atom stereocenters. The number of nitrogens with zero attached hydrogens (tertiary/aromatic N) is 2. The fraction of sp³-hybridized carbons (Fsp3) is 0.263. The van der Waals surface area contributed by atoms with Crippen LogP contribution in [0.4, 0.5) is 10.1 Å². The molecular formula is C19H16BrFN2O. The lowest BCUT2D eigenvalue weighted by atomic mass is 9.88. The Kier molecular flexibility index (Phi) is 4.96. The molecule has 1 fully saturated rings. The maximum absolute atomic E-state index is 13.0. The number of hydrogen-bond donors (Lipinski definition) is 0. The Balaban J connectivity index is 1.66. The molecule has 1 saturated heterocycles. The van der Waals surface area contributed by atoms with Crippen LogP contribution in [-0.4, -0.2) is 18.9 Å². The molecule has 3 nitrogen and oxygen atoms in total. The molecule has 5 heteroatoms. The van der Waals surface area contributed by atoms with Crippen LogP contribution in [0.5, 0.6) is 0 Å². The number of carbonyl (C=O) groups is 1. The molecule has 122 valence electrons. The van der Waals surface area contributed by atoms with Crippen LogP contribution in [0.3, 0.4) is 0 Å². The lowest BCUT2D eigenvalue weighted by Crippen LogP contribution is -2.36. The summed E-state index contributed by atoms with van der Waals surface area (Å²) in [7, 11) is 0. The number of benzene rings is 2. The number of piperidine rings is 1. The van der Waals surface area contributed by atoms with E-state index in [1.807, 2.05) is 12.1 Å². The fourth-order valence-corrected chi connectivity index (χ4v) is 3.69. The highest BCUT2D eigenvalue weighted by Gasteiger charge is 2.26. The lowest BCUT2D eigenvalue weighted by Gasteiger charge is -2.33. The number of hydrogen-bond acceptors (Lipinski definition) is 3. The van der Waals surface area contributed by atoms with Gasteiger partial charge in [0.15, 0.2) is 5.78 Å². The molecule has 0 atom stereocenters. The predicted molar refractivity (Wildman–Crippen MR) is 94.5 cm³/mol. The highest BCUT2D eigenvalue weighted by molar-refractivity contribution is 9.10. The monoisotopic (exact) mass is 386 g/mol. The SMILES string of the molecule is N#Cc1ccc(N2CCC(C(=O)c3ccc(F)cc3)CC2)c(Br)c1. The van der Waals surface area contributed by atoms with Crippen LogP contribution in [0.25, 0.3) is 0 Å². The first-order valence-corrected chi connectivity index (χ1v) is 8.62. The molecular weight excluding hydrogens is 371 g/mol. The molecule has 0 spiro atoms. The standard InChI is InChI=1S/C19H16BrFN2O/c20-17-11-13(12-22)1-6-18(17)23-9-7-15(8-10-23)19(24)14-2-4-16(21)5-3-14/h1-6,11,15H,7-10H2. The Morgan fingerprint density at radius 2 is 1.83 bits per heavy atom. The fourth-order valence-electron chi connectivity index (χ4n) is 3.07. The van der Waals surface area contributed by atoms with Crippen molar-refractivity contribution >= 4 is 27.4 Å². The van der Waals surface area contributed by atoms with E-state index in [4.69, 9.17) is 5.26 Å². The summed E-state index contributed by atoms with van der Waals surface area (Å²) in [6.07, 6.45) is 1.53. The van der Waals surface area contributed by atoms with Crippen molar-refractivity contribution in [2.24, 2.45) is 5.92 Å².